The summed E-state index contributed by atoms with van der Waals surface area (Å²) >= 11 is 0. The Morgan fingerprint density at radius 3 is 2.64 bits per heavy atom. The third-order valence-electron chi connectivity index (χ3n) is 8.99. The van der Waals surface area contributed by atoms with Gasteiger partial charge < -0.3 is 0 Å². The Morgan fingerprint density at radius 1 is 1.05 bits per heavy atom. The van der Waals surface area contributed by atoms with E-state index in [0.717, 1.165) is 36.0 Å². The summed E-state index contributed by atoms with van der Waals surface area (Å²) in [5.74, 6) is 5.07. The van der Waals surface area contributed by atoms with Gasteiger partial charge in [0.05, 0.1) is 0 Å². The lowest BCUT2D eigenvalue weighted by molar-refractivity contribution is -0.143. The second-order valence-corrected chi connectivity index (χ2v) is 9.54. The molecular formula is C21H34O. The average molecular weight is 303 g/mol. The van der Waals surface area contributed by atoms with E-state index in [1.165, 1.54) is 57.8 Å². The molecule has 22 heavy (non-hydrogen) atoms. The van der Waals surface area contributed by atoms with Crippen molar-refractivity contribution in [1.29, 1.82) is 0 Å². The fourth-order valence-corrected chi connectivity index (χ4v) is 7.75. The van der Waals surface area contributed by atoms with Gasteiger partial charge in [0.25, 0.3) is 0 Å². The Labute approximate surface area is 136 Å². The van der Waals surface area contributed by atoms with E-state index in [1.54, 1.807) is 0 Å². The van der Waals surface area contributed by atoms with Crippen LogP contribution in [0.1, 0.15) is 85.0 Å². The lowest BCUT2D eigenvalue weighted by Crippen LogP contribution is -2.54. The molecule has 0 aromatic carbocycles. The summed E-state index contributed by atoms with van der Waals surface area (Å²) in [6.45, 7) is 7.26. The molecule has 0 saturated heterocycles. The van der Waals surface area contributed by atoms with Gasteiger partial charge in [-0.05, 0) is 86.4 Å². The van der Waals surface area contributed by atoms with Crippen molar-refractivity contribution >= 4 is 5.78 Å². The molecule has 1 nitrogen and oxygen atoms in total. The zero-order valence-electron chi connectivity index (χ0n) is 14.9. The van der Waals surface area contributed by atoms with Gasteiger partial charge in [0.2, 0.25) is 0 Å². The quantitative estimate of drug-likeness (QED) is 0.614. The predicted octanol–water partition coefficient (Wildman–Crippen LogP) is 5.62. The molecule has 4 saturated carbocycles. The molecule has 4 rings (SSSR count). The monoisotopic (exact) mass is 302 g/mol. The molecule has 1 heteroatoms. The molecule has 0 spiro atoms. The van der Waals surface area contributed by atoms with Gasteiger partial charge in [0, 0.05) is 11.8 Å². The Balaban J connectivity index is 1.66. The minimum atomic E-state index is 0.0604. The zero-order chi connectivity index (χ0) is 15.5. The van der Waals surface area contributed by atoms with Crippen LogP contribution in [-0.2, 0) is 4.79 Å². The van der Waals surface area contributed by atoms with Crippen LogP contribution in [0.4, 0.5) is 0 Å². The maximum Gasteiger partial charge on any atom is 0.139 e. The van der Waals surface area contributed by atoms with Crippen LogP contribution in [0.15, 0.2) is 0 Å². The van der Waals surface area contributed by atoms with Crippen molar-refractivity contribution < 1.29 is 4.79 Å². The number of hydrogen-bond donors (Lipinski definition) is 0. The summed E-state index contributed by atoms with van der Waals surface area (Å²) in [7, 11) is 0. The van der Waals surface area contributed by atoms with Gasteiger partial charge in [-0.2, -0.15) is 0 Å². The Kier molecular flexibility index (Phi) is 3.51. The standard InChI is InChI=1S/C21H34O/c1-4-21-12-9-14(2)13-15(21)5-6-16-17-7-8-19(22)20(17,3)11-10-18(16)21/h14-18H,4-13H2,1-3H3/t14?,15-,16-,17-,18-,20-,21-/m0/s1. The van der Waals surface area contributed by atoms with Crippen LogP contribution in [-0.4, -0.2) is 5.78 Å². The van der Waals surface area contributed by atoms with Crippen LogP contribution in [0, 0.1) is 40.4 Å². The highest BCUT2D eigenvalue weighted by molar-refractivity contribution is 5.87. The normalized spacial score (nSPS) is 54.5. The van der Waals surface area contributed by atoms with Gasteiger partial charge in [-0.3, -0.25) is 4.79 Å². The lowest BCUT2D eigenvalue weighted by atomic mass is 9.43. The molecule has 0 aromatic heterocycles. The van der Waals surface area contributed by atoms with Crippen LogP contribution in [0.2, 0.25) is 0 Å². The SMILES string of the molecule is CC[C@]12CCC(C)C[C@@H]1CC[C@@H]1[C@@H]2CC[C@]2(C)C(=O)CC[C@@H]12. The van der Waals surface area contributed by atoms with Gasteiger partial charge in [-0.25, -0.2) is 0 Å². The fraction of sp³-hybridized carbons (Fsp3) is 0.952. The smallest absolute Gasteiger partial charge is 0.139 e. The highest BCUT2D eigenvalue weighted by Crippen LogP contribution is 2.66. The third-order valence-corrected chi connectivity index (χ3v) is 8.99. The van der Waals surface area contributed by atoms with Crippen LogP contribution in [0.25, 0.3) is 0 Å². The first kappa shape index (κ1) is 15.2. The Bertz CT molecular complexity index is 469. The molecule has 0 radical (unpaired) electrons. The summed E-state index contributed by atoms with van der Waals surface area (Å²) in [6.07, 6.45) is 13.3. The van der Waals surface area contributed by atoms with Crippen molar-refractivity contribution in [3.8, 4) is 0 Å². The van der Waals surface area contributed by atoms with E-state index < -0.39 is 0 Å². The third kappa shape index (κ3) is 1.86. The molecular weight excluding hydrogens is 268 g/mol. The van der Waals surface area contributed by atoms with Gasteiger partial charge in [0.15, 0.2) is 0 Å². The van der Waals surface area contributed by atoms with Gasteiger partial charge in [-0.15, -0.1) is 0 Å². The number of Topliss-reactive ketones (excluding diaryl/α,β-unsaturated/α-hetero) is 1. The summed E-state index contributed by atoms with van der Waals surface area (Å²) < 4.78 is 0. The first-order valence-corrected chi connectivity index (χ1v) is 10.0. The largest absolute Gasteiger partial charge is 0.299 e. The topological polar surface area (TPSA) is 17.1 Å². The molecule has 7 atom stereocenters. The molecule has 0 aliphatic heterocycles. The maximum atomic E-state index is 12.5. The summed E-state index contributed by atoms with van der Waals surface area (Å²) in [4.78, 5) is 12.5. The first-order valence-electron chi connectivity index (χ1n) is 10.0. The van der Waals surface area contributed by atoms with Gasteiger partial charge in [-0.1, -0.05) is 27.2 Å². The first-order chi connectivity index (χ1) is 10.5. The molecule has 4 fully saturated rings. The van der Waals surface area contributed by atoms with Crippen molar-refractivity contribution in [2.24, 2.45) is 40.4 Å². The summed E-state index contributed by atoms with van der Waals surface area (Å²) in [6, 6.07) is 0. The molecule has 1 unspecified atom stereocenters. The van der Waals surface area contributed by atoms with E-state index in [4.69, 9.17) is 0 Å². The van der Waals surface area contributed by atoms with E-state index in [2.05, 4.69) is 20.8 Å². The Hall–Kier alpha value is -0.330. The van der Waals surface area contributed by atoms with Gasteiger partial charge in [0.1, 0.15) is 5.78 Å². The second kappa shape index (κ2) is 5.08. The highest BCUT2D eigenvalue weighted by atomic mass is 16.1. The van der Waals surface area contributed by atoms with E-state index in [-0.39, 0.29) is 5.41 Å². The van der Waals surface area contributed by atoms with Gasteiger partial charge >= 0.3 is 0 Å². The van der Waals surface area contributed by atoms with Crippen molar-refractivity contribution in [2.45, 2.75) is 85.0 Å². The minimum absolute atomic E-state index is 0.0604. The molecule has 0 bridgehead atoms. The Morgan fingerprint density at radius 2 is 1.86 bits per heavy atom. The molecule has 0 aromatic rings. The van der Waals surface area contributed by atoms with Crippen molar-refractivity contribution in [2.75, 3.05) is 0 Å². The van der Waals surface area contributed by atoms with E-state index >= 15 is 0 Å². The maximum absolute atomic E-state index is 12.5. The number of carbonyl (C=O) groups excluding carboxylic acids is 1. The highest BCUT2D eigenvalue weighted by Gasteiger charge is 2.60. The van der Waals surface area contributed by atoms with Crippen molar-refractivity contribution in [1.82, 2.24) is 0 Å². The number of carbonyl (C=O) groups is 1. The zero-order valence-corrected chi connectivity index (χ0v) is 14.9. The average Bonchev–Trinajstić information content (AvgIpc) is 2.82. The molecule has 0 heterocycles. The minimum Gasteiger partial charge on any atom is -0.299 e. The molecule has 0 amide bonds. The number of rotatable bonds is 1. The molecule has 0 N–H and O–H groups in total. The van der Waals surface area contributed by atoms with E-state index in [9.17, 15) is 4.79 Å². The van der Waals surface area contributed by atoms with Crippen LogP contribution in [0.3, 0.4) is 0 Å². The van der Waals surface area contributed by atoms with Crippen LogP contribution >= 0.6 is 0 Å². The second-order valence-electron chi connectivity index (χ2n) is 9.54. The van der Waals surface area contributed by atoms with Crippen molar-refractivity contribution in [3.05, 3.63) is 0 Å². The number of hydrogen-bond acceptors (Lipinski definition) is 1. The van der Waals surface area contributed by atoms with Crippen LogP contribution < -0.4 is 0 Å². The van der Waals surface area contributed by atoms with E-state index in [0.29, 0.717) is 11.2 Å². The van der Waals surface area contributed by atoms with Crippen molar-refractivity contribution in [3.63, 3.8) is 0 Å². The summed E-state index contributed by atoms with van der Waals surface area (Å²) in [5, 5.41) is 0. The molecule has 4 aliphatic carbocycles. The molecule has 4 aliphatic rings. The number of ketones is 1. The lowest BCUT2D eigenvalue weighted by Gasteiger charge is -2.61. The van der Waals surface area contributed by atoms with Crippen LogP contribution in [0.5, 0.6) is 0 Å². The fourth-order valence-electron chi connectivity index (χ4n) is 7.75. The molecule has 124 valence electrons. The summed E-state index contributed by atoms with van der Waals surface area (Å²) in [5.41, 5.74) is 0.702. The predicted molar refractivity (Wildman–Crippen MR) is 90.5 cm³/mol. The number of fused-ring (bicyclic) bond motifs is 5. The van der Waals surface area contributed by atoms with E-state index in [1.807, 2.05) is 0 Å².